The molecule has 0 radical (unpaired) electrons. The Labute approximate surface area is 282 Å². The topological polar surface area (TPSA) is 119 Å². The van der Waals surface area contributed by atoms with E-state index in [1.54, 1.807) is 0 Å². The third kappa shape index (κ3) is 9.51. The highest BCUT2D eigenvalue weighted by atomic mass is 32.2. The minimum Gasteiger partial charge on any atom is -0.390 e. The third-order valence-corrected chi connectivity index (χ3v) is 10.9. The van der Waals surface area contributed by atoms with Crippen molar-refractivity contribution in [3.8, 4) is 0 Å². The van der Waals surface area contributed by atoms with Crippen molar-refractivity contribution in [3.05, 3.63) is 123 Å². The number of aryl methyl sites for hydroxylation is 1. The van der Waals surface area contributed by atoms with Crippen LogP contribution < -0.4 is 14.9 Å². The third-order valence-electron chi connectivity index (χ3n) is 8.44. The summed E-state index contributed by atoms with van der Waals surface area (Å²) in [6, 6.07) is 24.9. The molecule has 0 aliphatic rings. The second-order valence-electron chi connectivity index (χ2n) is 12.0. The SMILES string of the molecule is Cc1ccsc1C(C)NC(=O)c1cc(C(=O)N[C@@H](Cc2ccccc2)[C@H](O)CN(C)[C@@H](C)c2ccccc2)cc(N(C)S(C)(=O)=O)c1. The number of thiophene rings is 1. The Morgan fingerprint density at radius 1 is 0.872 bits per heavy atom. The zero-order chi connectivity index (χ0) is 34.3. The number of aliphatic hydroxyl groups is 1. The van der Waals surface area contributed by atoms with Gasteiger partial charge in [0.15, 0.2) is 0 Å². The standard InChI is InChI=1S/C36H44N4O5S2/c1-24-17-18-46-34(24)25(2)37-35(42)29-20-30(22-31(21-29)40(5)47(6,44)45)36(43)38-32(19-27-13-9-7-10-14-27)33(41)23-39(4)26(3)28-15-11-8-12-16-28/h7-18,20-22,25-26,32-33,41H,19,23H2,1-6H3,(H,37,42)(H,38,43)/t25?,26-,32-,33+/m0/s1. The fraction of sp³-hybridized carbons (Fsp3) is 0.333. The van der Waals surface area contributed by atoms with E-state index in [2.05, 4.69) is 17.6 Å². The molecule has 9 nitrogen and oxygen atoms in total. The lowest BCUT2D eigenvalue weighted by atomic mass is 9.99. The van der Waals surface area contributed by atoms with Gasteiger partial charge in [0.1, 0.15) is 0 Å². The minimum absolute atomic E-state index is 0.0172. The zero-order valence-electron chi connectivity index (χ0n) is 27.7. The van der Waals surface area contributed by atoms with Crippen LogP contribution in [0.25, 0.3) is 0 Å². The molecule has 2 amide bonds. The molecule has 0 fully saturated rings. The Bertz CT molecular complexity index is 1760. The summed E-state index contributed by atoms with van der Waals surface area (Å²) in [5, 5.41) is 19.5. The van der Waals surface area contributed by atoms with E-state index in [0.29, 0.717) is 6.42 Å². The molecule has 250 valence electrons. The maximum atomic E-state index is 13.9. The van der Waals surface area contributed by atoms with Gasteiger partial charge in [0, 0.05) is 35.6 Å². The molecule has 0 aliphatic heterocycles. The highest BCUT2D eigenvalue weighted by Crippen LogP contribution is 2.26. The van der Waals surface area contributed by atoms with E-state index in [-0.39, 0.29) is 35.4 Å². The molecule has 1 aromatic heterocycles. The second-order valence-corrected chi connectivity index (χ2v) is 15.0. The summed E-state index contributed by atoms with van der Waals surface area (Å²) in [4.78, 5) is 30.4. The summed E-state index contributed by atoms with van der Waals surface area (Å²) in [6.45, 7) is 6.18. The summed E-state index contributed by atoms with van der Waals surface area (Å²) >= 11 is 1.54. The molecule has 1 unspecified atom stereocenters. The average molecular weight is 677 g/mol. The molecule has 0 spiro atoms. The molecule has 11 heteroatoms. The van der Waals surface area contributed by atoms with Crippen LogP contribution in [0.1, 0.15) is 68.2 Å². The van der Waals surface area contributed by atoms with Crippen LogP contribution in [0.2, 0.25) is 0 Å². The van der Waals surface area contributed by atoms with Crippen LogP contribution in [-0.2, 0) is 16.4 Å². The molecule has 0 saturated carbocycles. The Morgan fingerprint density at radius 2 is 1.45 bits per heavy atom. The lowest BCUT2D eigenvalue weighted by molar-refractivity contribution is 0.0656. The molecule has 4 rings (SSSR count). The number of carbonyl (C=O) groups excluding carboxylic acids is 2. The Balaban J connectivity index is 1.63. The summed E-state index contributed by atoms with van der Waals surface area (Å²) < 4.78 is 26.0. The number of sulfonamides is 1. The van der Waals surface area contributed by atoms with Crippen LogP contribution in [-0.4, -0.2) is 69.3 Å². The first kappa shape index (κ1) is 35.8. The molecule has 47 heavy (non-hydrogen) atoms. The predicted molar refractivity (Wildman–Crippen MR) is 190 cm³/mol. The number of nitrogens with one attached hydrogen (secondary N) is 2. The highest BCUT2D eigenvalue weighted by molar-refractivity contribution is 7.92. The number of amides is 2. The number of benzene rings is 3. The van der Waals surface area contributed by atoms with Crippen LogP contribution in [0.3, 0.4) is 0 Å². The summed E-state index contributed by atoms with van der Waals surface area (Å²) in [6.07, 6.45) is 0.463. The lowest BCUT2D eigenvalue weighted by Gasteiger charge is -2.31. The molecular weight excluding hydrogens is 633 g/mol. The van der Waals surface area contributed by atoms with E-state index in [1.807, 2.05) is 97.9 Å². The zero-order valence-corrected chi connectivity index (χ0v) is 29.3. The van der Waals surface area contributed by atoms with Crippen molar-refractivity contribution in [1.29, 1.82) is 0 Å². The first-order valence-corrected chi connectivity index (χ1v) is 18.2. The van der Waals surface area contributed by atoms with E-state index in [1.165, 1.54) is 36.6 Å². The number of carbonyl (C=O) groups is 2. The van der Waals surface area contributed by atoms with E-state index < -0.39 is 34.0 Å². The number of aliphatic hydroxyl groups excluding tert-OH is 1. The van der Waals surface area contributed by atoms with Gasteiger partial charge in [0.25, 0.3) is 11.8 Å². The average Bonchev–Trinajstić information content (AvgIpc) is 3.49. The van der Waals surface area contributed by atoms with Crippen molar-refractivity contribution in [1.82, 2.24) is 15.5 Å². The number of likely N-dealkylation sites (N-methyl/N-ethyl adjacent to an activating group) is 1. The molecule has 0 aliphatic carbocycles. The Kier molecular flexibility index (Phi) is 12.0. The van der Waals surface area contributed by atoms with Gasteiger partial charge in [-0.05, 0) is 80.6 Å². The maximum Gasteiger partial charge on any atom is 0.251 e. The Morgan fingerprint density at radius 3 is 2.00 bits per heavy atom. The van der Waals surface area contributed by atoms with Crippen LogP contribution in [0.15, 0.2) is 90.3 Å². The lowest BCUT2D eigenvalue weighted by Crippen LogP contribution is -2.49. The molecule has 4 atom stereocenters. The van der Waals surface area contributed by atoms with Gasteiger partial charge in [-0.1, -0.05) is 60.7 Å². The number of nitrogens with zero attached hydrogens (tertiary/aromatic N) is 2. The van der Waals surface area contributed by atoms with Crippen LogP contribution in [0.5, 0.6) is 0 Å². The summed E-state index contributed by atoms with van der Waals surface area (Å²) in [5.41, 5.74) is 3.49. The number of rotatable bonds is 14. The van der Waals surface area contributed by atoms with Crippen molar-refractivity contribution >= 4 is 38.9 Å². The quantitative estimate of drug-likeness (QED) is 0.166. The fourth-order valence-corrected chi connectivity index (χ4v) is 6.81. The van der Waals surface area contributed by atoms with Gasteiger partial charge in [-0.15, -0.1) is 11.3 Å². The van der Waals surface area contributed by atoms with Crippen molar-refractivity contribution in [2.45, 2.75) is 51.4 Å². The molecule has 1 heterocycles. The normalized spacial score (nSPS) is 14.2. The minimum atomic E-state index is -3.70. The predicted octanol–water partition coefficient (Wildman–Crippen LogP) is 5.34. The van der Waals surface area contributed by atoms with Crippen LogP contribution in [0.4, 0.5) is 5.69 Å². The van der Waals surface area contributed by atoms with Crippen molar-refractivity contribution in [2.75, 3.05) is 31.2 Å². The van der Waals surface area contributed by atoms with Crippen molar-refractivity contribution in [3.63, 3.8) is 0 Å². The first-order chi connectivity index (χ1) is 22.2. The number of anilines is 1. The first-order valence-electron chi connectivity index (χ1n) is 15.5. The molecule has 0 bridgehead atoms. The summed E-state index contributed by atoms with van der Waals surface area (Å²) in [7, 11) is -0.401. The number of hydrogen-bond donors (Lipinski definition) is 3. The molecule has 0 saturated heterocycles. The molecule has 3 aromatic carbocycles. The van der Waals surface area contributed by atoms with Gasteiger partial charge in [0.05, 0.1) is 30.1 Å². The van der Waals surface area contributed by atoms with Gasteiger partial charge in [-0.3, -0.25) is 18.8 Å². The van der Waals surface area contributed by atoms with Crippen LogP contribution >= 0.6 is 11.3 Å². The Hall–Kier alpha value is -4.03. The van der Waals surface area contributed by atoms with Gasteiger partial charge >= 0.3 is 0 Å². The van der Waals surface area contributed by atoms with Gasteiger partial charge < -0.3 is 15.7 Å². The van der Waals surface area contributed by atoms with E-state index >= 15 is 0 Å². The van der Waals surface area contributed by atoms with Crippen LogP contribution in [0, 0.1) is 6.92 Å². The second kappa shape index (κ2) is 15.7. The van der Waals surface area contributed by atoms with E-state index in [0.717, 1.165) is 32.1 Å². The molecular formula is C36H44N4O5S2. The summed E-state index contributed by atoms with van der Waals surface area (Å²) in [5.74, 6) is -0.982. The maximum absolute atomic E-state index is 13.9. The van der Waals surface area contributed by atoms with Gasteiger partial charge in [0.2, 0.25) is 10.0 Å². The highest BCUT2D eigenvalue weighted by Gasteiger charge is 2.27. The smallest absolute Gasteiger partial charge is 0.251 e. The fourth-order valence-electron chi connectivity index (χ4n) is 5.39. The largest absolute Gasteiger partial charge is 0.390 e. The van der Waals surface area contributed by atoms with Crippen molar-refractivity contribution in [2.24, 2.45) is 0 Å². The molecule has 4 aromatic rings. The number of hydrogen-bond acceptors (Lipinski definition) is 7. The van der Waals surface area contributed by atoms with E-state index in [4.69, 9.17) is 0 Å². The van der Waals surface area contributed by atoms with Gasteiger partial charge in [-0.25, -0.2) is 8.42 Å². The van der Waals surface area contributed by atoms with Crippen molar-refractivity contribution < 1.29 is 23.1 Å². The molecule has 3 N–H and O–H groups in total. The van der Waals surface area contributed by atoms with E-state index in [9.17, 15) is 23.1 Å². The van der Waals surface area contributed by atoms with Gasteiger partial charge in [-0.2, -0.15) is 0 Å². The monoisotopic (exact) mass is 676 g/mol.